The van der Waals surface area contributed by atoms with Gasteiger partial charge in [0.2, 0.25) is 0 Å². The monoisotopic (exact) mass is 422 g/mol. The zero-order valence-electron chi connectivity index (χ0n) is 16.7. The molecule has 30 heavy (non-hydrogen) atoms. The molecule has 2 aromatic heterocycles. The van der Waals surface area contributed by atoms with Crippen LogP contribution in [0.15, 0.2) is 63.1 Å². The van der Waals surface area contributed by atoms with Crippen molar-refractivity contribution in [3.63, 3.8) is 0 Å². The van der Waals surface area contributed by atoms with Crippen LogP contribution in [0.25, 0.3) is 22.4 Å². The Labute approximate surface area is 176 Å². The van der Waals surface area contributed by atoms with Gasteiger partial charge in [0.15, 0.2) is 11.5 Å². The molecule has 6 nitrogen and oxygen atoms in total. The summed E-state index contributed by atoms with van der Waals surface area (Å²) < 4.78 is 15.7. The van der Waals surface area contributed by atoms with Gasteiger partial charge in [0.25, 0.3) is 5.56 Å². The topological polar surface area (TPSA) is 69.8 Å². The van der Waals surface area contributed by atoms with E-state index >= 15 is 0 Å². The normalized spacial score (nSPS) is 11.2. The number of aryl methyl sites for hydroxylation is 2. The molecular weight excluding hydrogens is 403 g/mol. The Morgan fingerprint density at radius 3 is 2.43 bits per heavy atom. The van der Waals surface area contributed by atoms with Crippen molar-refractivity contribution in [2.75, 3.05) is 0 Å². The van der Waals surface area contributed by atoms with Crippen LogP contribution in [0, 0.1) is 12.7 Å². The lowest BCUT2D eigenvalue weighted by atomic mass is 10.2. The quantitative estimate of drug-likeness (QED) is 0.372. The van der Waals surface area contributed by atoms with Gasteiger partial charge >= 0.3 is 5.69 Å². The van der Waals surface area contributed by atoms with Gasteiger partial charge in [-0.3, -0.25) is 13.9 Å². The lowest BCUT2D eigenvalue weighted by molar-refractivity contribution is 0.628. The molecule has 2 heterocycles. The third-order valence-electron chi connectivity index (χ3n) is 4.83. The molecule has 0 aliphatic carbocycles. The Balaban J connectivity index is 1.92. The van der Waals surface area contributed by atoms with E-state index in [2.05, 4.69) is 16.0 Å². The number of hydrogen-bond acceptors (Lipinski definition) is 5. The van der Waals surface area contributed by atoms with Crippen molar-refractivity contribution >= 4 is 22.8 Å². The van der Waals surface area contributed by atoms with Gasteiger partial charge in [0, 0.05) is 25.4 Å². The molecule has 0 aliphatic heterocycles. The molecule has 2 aromatic carbocycles. The Kier molecular flexibility index (Phi) is 5.26. The predicted octanol–water partition coefficient (Wildman–Crippen LogP) is 3.43. The SMILES string of the molecule is Cc1cccc(CSc2nc(-c3ccc(F)cc3)nc3c2c(=O)n(C)c(=O)n3C)c1. The number of fused-ring (bicyclic) bond motifs is 1. The Bertz CT molecular complexity index is 1380. The maximum absolute atomic E-state index is 13.4. The summed E-state index contributed by atoms with van der Waals surface area (Å²) in [5.74, 6) is 0.565. The fourth-order valence-electron chi connectivity index (χ4n) is 3.22. The summed E-state index contributed by atoms with van der Waals surface area (Å²) in [6.45, 7) is 2.02. The summed E-state index contributed by atoms with van der Waals surface area (Å²) in [4.78, 5) is 34.4. The van der Waals surface area contributed by atoms with Crippen molar-refractivity contribution in [1.82, 2.24) is 19.1 Å². The average molecular weight is 422 g/mol. The first-order valence-electron chi connectivity index (χ1n) is 9.27. The van der Waals surface area contributed by atoms with Crippen molar-refractivity contribution in [1.29, 1.82) is 0 Å². The van der Waals surface area contributed by atoms with Crippen molar-refractivity contribution in [3.8, 4) is 11.4 Å². The zero-order chi connectivity index (χ0) is 21.4. The summed E-state index contributed by atoms with van der Waals surface area (Å²) in [6, 6.07) is 13.9. The van der Waals surface area contributed by atoms with Gasteiger partial charge in [-0.05, 0) is 36.8 Å². The molecule has 0 radical (unpaired) electrons. The molecule has 0 saturated heterocycles. The smallest absolute Gasteiger partial charge is 0.280 e. The number of thioether (sulfide) groups is 1. The van der Waals surface area contributed by atoms with Gasteiger partial charge in [0.05, 0.1) is 0 Å². The van der Waals surface area contributed by atoms with Crippen LogP contribution in [0.2, 0.25) is 0 Å². The minimum absolute atomic E-state index is 0.254. The molecule has 0 aliphatic rings. The second-order valence-electron chi connectivity index (χ2n) is 7.04. The van der Waals surface area contributed by atoms with Gasteiger partial charge < -0.3 is 0 Å². The van der Waals surface area contributed by atoms with Crippen molar-refractivity contribution < 1.29 is 4.39 Å². The van der Waals surface area contributed by atoms with E-state index < -0.39 is 11.2 Å². The lowest BCUT2D eigenvalue weighted by Crippen LogP contribution is -2.37. The Hall–Kier alpha value is -3.26. The first kappa shape index (κ1) is 20.0. The van der Waals surface area contributed by atoms with E-state index in [-0.39, 0.29) is 11.5 Å². The predicted molar refractivity (Wildman–Crippen MR) is 116 cm³/mol. The second-order valence-corrected chi connectivity index (χ2v) is 8.01. The van der Waals surface area contributed by atoms with Crippen LogP contribution in [0.1, 0.15) is 11.1 Å². The molecule has 4 rings (SSSR count). The number of rotatable bonds is 4. The van der Waals surface area contributed by atoms with E-state index in [4.69, 9.17) is 0 Å². The molecule has 0 saturated carbocycles. The van der Waals surface area contributed by atoms with Crippen LogP contribution in [0.5, 0.6) is 0 Å². The molecule has 152 valence electrons. The van der Waals surface area contributed by atoms with Crippen LogP contribution in [0.3, 0.4) is 0 Å². The molecule has 0 atom stereocenters. The lowest BCUT2D eigenvalue weighted by Gasteiger charge is -2.12. The highest BCUT2D eigenvalue weighted by Gasteiger charge is 2.18. The first-order chi connectivity index (χ1) is 14.3. The van der Waals surface area contributed by atoms with Gasteiger partial charge in [-0.1, -0.05) is 29.8 Å². The number of hydrogen-bond donors (Lipinski definition) is 0. The molecule has 0 bridgehead atoms. The third-order valence-corrected chi connectivity index (χ3v) is 5.87. The molecule has 0 spiro atoms. The third kappa shape index (κ3) is 3.66. The molecule has 0 fully saturated rings. The summed E-state index contributed by atoms with van der Waals surface area (Å²) in [5.41, 5.74) is 2.19. The summed E-state index contributed by atoms with van der Waals surface area (Å²) in [7, 11) is 3.01. The zero-order valence-corrected chi connectivity index (χ0v) is 17.5. The maximum atomic E-state index is 13.4. The van der Waals surface area contributed by atoms with Gasteiger partial charge in [-0.2, -0.15) is 0 Å². The minimum Gasteiger partial charge on any atom is -0.280 e. The van der Waals surface area contributed by atoms with Crippen molar-refractivity contribution in [2.24, 2.45) is 14.1 Å². The number of aromatic nitrogens is 4. The number of halogens is 1. The largest absolute Gasteiger partial charge is 0.332 e. The van der Waals surface area contributed by atoms with Gasteiger partial charge in [-0.25, -0.2) is 19.2 Å². The molecule has 8 heteroatoms. The first-order valence-corrected chi connectivity index (χ1v) is 10.3. The number of nitrogens with zero attached hydrogens (tertiary/aromatic N) is 4. The van der Waals surface area contributed by atoms with E-state index in [0.717, 1.165) is 15.7 Å². The molecule has 0 N–H and O–H groups in total. The van der Waals surface area contributed by atoms with E-state index in [9.17, 15) is 14.0 Å². The maximum Gasteiger partial charge on any atom is 0.332 e. The highest BCUT2D eigenvalue weighted by molar-refractivity contribution is 7.98. The van der Waals surface area contributed by atoms with Crippen molar-refractivity contribution in [2.45, 2.75) is 17.7 Å². The summed E-state index contributed by atoms with van der Waals surface area (Å²) in [5, 5.41) is 0.778. The van der Waals surface area contributed by atoms with Crippen molar-refractivity contribution in [3.05, 3.63) is 86.3 Å². The molecular formula is C22H19FN4O2S. The van der Waals surface area contributed by atoms with Gasteiger partial charge in [0.1, 0.15) is 16.2 Å². The summed E-state index contributed by atoms with van der Waals surface area (Å²) >= 11 is 1.41. The van der Waals surface area contributed by atoms with E-state index in [1.165, 1.54) is 35.5 Å². The molecule has 4 aromatic rings. The minimum atomic E-state index is -0.467. The highest BCUT2D eigenvalue weighted by Crippen LogP contribution is 2.28. The Morgan fingerprint density at radius 1 is 1.00 bits per heavy atom. The van der Waals surface area contributed by atoms with Gasteiger partial charge in [-0.15, -0.1) is 11.8 Å². The second kappa shape index (κ2) is 7.87. The van der Waals surface area contributed by atoms with Crippen LogP contribution < -0.4 is 11.2 Å². The fourth-order valence-corrected chi connectivity index (χ4v) is 4.17. The van der Waals surface area contributed by atoms with E-state index in [1.807, 2.05) is 25.1 Å². The summed E-state index contributed by atoms with van der Waals surface area (Å²) in [6.07, 6.45) is 0. The molecule has 0 unspecified atom stereocenters. The van der Waals surface area contributed by atoms with E-state index in [0.29, 0.717) is 27.6 Å². The van der Waals surface area contributed by atoms with Crippen LogP contribution in [0.4, 0.5) is 4.39 Å². The average Bonchev–Trinajstić information content (AvgIpc) is 2.74. The highest BCUT2D eigenvalue weighted by atomic mass is 32.2. The molecule has 0 amide bonds. The van der Waals surface area contributed by atoms with Crippen LogP contribution >= 0.6 is 11.8 Å². The van der Waals surface area contributed by atoms with E-state index in [1.54, 1.807) is 19.2 Å². The van der Waals surface area contributed by atoms with Crippen LogP contribution in [-0.4, -0.2) is 19.1 Å². The Morgan fingerprint density at radius 2 is 1.73 bits per heavy atom. The van der Waals surface area contributed by atoms with Crippen LogP contribution in [-0.2, 0) is 19.8 Å². The number of benzene rings is 2. The fraction of sp³-hybridized carbons (Fsp3) is 0.182. The standard InChI is InChI=1S/C22H19FN4O2S/c1-13-5-4-6-14(11-13)12-30-20-17-19(26(2)22(29)27(3)21(17)28)24-18(25-20)15-7-9-16(23)10-8-15/h4-11H,12H2,1-3H3.